The molecular weight excluding hydrogens is 159 g/mol. The van der Waals surface area contributed by atoms with Crippen molar-refractivity contribution in [1.29, 1.82) is 0 Å². The molecule has 66 valence electrons. The molecule has 2 fully saturated rings. The van der Waals surface area contributed by atoms with Gasteiger partial charge in [0.1, 0.15) is 0 Å². The number of hydrogen-bond donors (Lipinski definition) is 1. The minimum atomic E-state index is -0.845. The number of amides is 1. The Labute approximate surface area is 70.2 Å². The second-order valence-corrected chi connectivity index (χ2v) is 3.36. The first-order chi connectivity index (χ1) is 5.68. The first-order valence-electron chi connectivity index (χ1n) is 4.07. The Balaban J connectivity index is 2.07. The van der Waals surface area contributed by atoms with Crippen LogP contribution in [0.1, 0.15) is 6.42 Å². The molecule has 2 aliphatic heterocycles. The Hall–Kier alpha value is -0.900. The van der Waals surface area contributed by atoms with Gasteiger partial charge in [0.05, 0.1) is 0 Å². The van der Waals surface area contributed by atoms with Gasteiger partial charge in [-0.3, -0.25) is 4.79 Å². The number of piperazine rings is 1. The molecule has 2 bridgehead atoms. The van der Waals surface area contributed by atoms with Crippen LogP contribution in [0.25, 0.3) is 0 Å². The standard InChI is InChI=1S/C8H11FN2O/c1-5(9)8(12)11-4-6-2-7(11)3-10-6/h6-7,10H,1-4H2/t6-,7-/m0/s1. The lowest BCUT2D eigenvalue weighted by Gasteiger charge is -2.26. The molecular formula is C8H11FN2O. The summed E-state index contributed by atoms with van der Waals surface area (Å²) in [4.78, 5) is 12.7. The second kappa shape index (κ2) is 2.55. The first kappa shape index (κ1) is 7.73. The molecule has 2 heterocycles. The zero-order valence-corrected chi connectivity index (χ0v) is 6.72. The molecule has 2 saturated heterocycles. The van der Waals surface area contributed by atoms with Crippen molar-refractivity contribution in [2.24, 2.45) is 0 Å². The van der Waals surface area contributed by atoms with Gasteiger partial charge in [-0.2, -0.15) is 0 Å². The summed E-state index contributed by atoms with van der Waals surface area (Å²) in [6.07, 6.45) is 0.957. The summed E-state index contributed by atoms with van der Waals surface area (Å²) in [5.74, 6) is -1.38. The van der Waals surface area contributed by atoms with Gasteiger partial charge in [-0.25, -0.2) is 4.39 Å². The third-order valence-corrected chi connectivity index (χ3v) is 2.55. The summed E-state index contributed by atoms with van der Waals surface area (Å²) in [5, 5.41) is 3.23. The minimum Gasteiger partial charge on any atom is -0.331 e. The molecule has 2 aliphatic rings. The lowest BCUT2D eigenvalue weighted by molar-refractivity contribution is -0.129. The molecule has 0 spiro atoms. The van der Waals surface area contributed by atoms with Crippen LogP contribution >= 0.6 is 0 Å². The number of likely N-dealkylation sites (tertiary alicyclic amines) is 1. The highest BCUT2D eigenvalue weighted by molar-refractivity contribution is 5.91. The summed E-state index contributed by atoms with van der Waals surface area (Å²) in [7, 11) is 0. The highest BCUT2D eigenvalue weighted by atomic mass is 19.1. The zero-order valence-electron chi connectivity index (χ0n) is 6.72. The third kappa shape index (κ3) is 1.03. The Kier molecular flexibility index (Phi) is 1.65. The van der Waals surface area contributed by atoms with E-state index in [1.165, 1.54) is 0 Å². The van der Waals surface area contributed by atoms with Gasteiger partial charge >= 0.3 is 0 Å². The van der Waals surface area contributed by atoms with Crippen molar-refractivity contribution in [3.63, 3.8) is 0 Å². The maximum atomic E-state index is 12.5. The van der Waals surface area contributed by atoms with E-state index in [0.29, 0.717) is 12.6 Å². The van der Waals surface area contributed by atoms with E-state index < -0.39 is 11.7 Å². The van der Waals surface area contributed by atoms with Gasteiger partial charge < -0.3 is 10.2 Å². The largest absolute Gasteiger partial charge is 0.331 e. The van der Waals surface area contributed by atoms with E-state index in [-0.39, 0.29) is 6.04 Å². The fourth-order valence-corrected chi connectivity index (χ4v) is 1.97. The van der Waals surface area contributed by atoms with Crippen LogP contribution in [0, 0.1) is 0 Å². The predicted octanol–water partition coefficient (Wildman–Crippen LogP) is 0.0423. The quantitative estimate of drug-likeness (QED) is 0.564. The maximum absolute atomic E-state index is 12.5. The fourth-order valence-electron chi connectivity index (χ4n) is 1.97. The number of hydrogen-bond acceptors (Lipinski definition) is 2. The van der Waals surface area contributed by atoms with Gasteiger partial charge in [0.25, 0.3) is 5.91 Å². The Morgan fingerprint density at radius 1 is 1.67 bits per heavy atom. The van der Waals surface area contributed by atoms with Crippen LogP contribution in [-0.2, 0) is 4.79 Å². The molecule has 2 rings (SSSR count). The van der Waals surface area contributed by atoms with Crippen LogP contribution < -0.4 is 5.32 Å². The highest BCUT2D eigenvalue weighted by Crippen LogP contribution is 2.24. The number of halogens is 1. The molecule has 0 aromatic carbocycles. The van der Waals surface area contributed by atoms with E-state index in [1.54, 1.807) is 4.90 Å². The van der Waals surface area contributed by atoms with E-state index >= 15 is 0 Å². The third-order valence-electron chi connectivity index (χ3n) is 2.55. The normalized spacial score (nSPS) is 32.6. The van der Waals surface area contributed by atoms with Crippen molar-refractivity contribution >= 4 is 5.91 Å². The second-order valence-electron chi connectivity index (χ2n) is 3.36. The Morgan fingerprint density at radius 3 is 2.83 bits per heavy atom. The van der Waals surface area contributed by atoms with Gasteiger partial charge in [-0.05, 0) is 6.42 Å². The molecule has 0 saturated carbocycles. The van der Waals surface area contributed by atoms with Crippen molar-refractivity contribution in [3.05, 3.63) is 12.4 Å². The number of rotatable bonds is 1. The van der Waals surface area contributed by atoms with Crippen LogP contribution in [0.15, 0.2) is 12.4 Å². The highest BCUT2D eigenvalue weighted by Gasteiger charge is 2.40. The van der Waals surface area contributed by atoms with Crippen molar-refractivity contribution in [1.82, 2.24) is 10.2 Å². The van der Waals surface area contributed by atoms with Gasteiger partial charge in [0.15, 0.2) is 5.83 Å². The van der Waals surface area contributed by atoms with Crippen LogP contribution in [0.3, 0.4) is 0 Å². The van der Waals surface area contributed by atoms with Gasteiger partial charge in [-0.1, -0.05) is 6.58 Å². The van der Waals surface area contributed by atoms with Gasteiger partial charge in [-0.15, -0.1) is 0 Å². The predicted molar refractivity (Wildman–Crippen MR) is 42.2 cm³/mol. The maximum Gasteiger partial charge on any atom is 0.282 e. The Morgan fingerprint density at radius 2 is 2.42 bits per heavy atom. The molecule has 0 radical (unpaired) electrons. The van der Waals surface area contributed by atoms with Crippen molar-refractivity contribution < 1.29 is 9.18 Å². The van der Waals surface area contributed by atoms with Gasteiger partial charge in [0, 0.05) is 25.2 Å². The van der Waals surface area contributed by atoms with E-state index in [0.717, 1.165) is 13.0 Å². The van der Waals surface area contributed by atoms with Crippen molar-refractivity contribution in [2.45, 2.75) is 18.5 Å². The van der Waals surface area contributed by atoms with Crippen LogP contribution in [0.2, 0.25) is 0 Å². The molecule has 0 unspecified atom stereocenters. The number of nitrogens with zero attached hydrogens (tertiary/aromatic N) is 1. The van der Waals surface area contributed by atoms with Crippen molar-refractivity contribution in [2.75, 3.05) is 13.1 Å². The molecule has 1 N–H and O–H groups in total. The smallest absolute Gasteiger partial charge is 0.282 e. The first-order valence-corrected chi connectivity index (χ1v) is 4.07. The summed E-state index contributed by atoms with van der Waals surface area (Å²) in [6.45, 7) is 4.43. The molecule has 2 atom stereocenters. The zero-order chi connectivity index (χ0) is 8.72. The molecule has 0 aromatic heterocycles. The summed E-state index contributed by atoms with van der Waals surface area (Å²) in [6, 6.07) is 0.563. The van der Waals surface area contributed by atoms with Gasteiger partial charge in [0.2, 0.25) is 0 Å². The monoisotopic (exact) mass is 170 g/mol. The number of carbonyl (C=O) groups excluding carboxylic acids is 1. The molecule has 12 heavy (non-hydrogen) atoms. The number of nitrogens with one attached hydrogen (secondary N) is 1. The van der Waals surface area contributed by atoms with Crippen LogP contribution in [-0.4, -0.2) is 36.0 Å². The summed E-state index contributed by atoms with van der Waals surface area (Å²) in [5.41, 5.74) is 0. The van der Waals surface area contributed by atoms with Crippen LogP contribution in [0.4, 0.5) is 4.39 Å². The minimum absolute atomic E-state index is 0.190. The fraction of sp³-hybridized carbons (Fsp3) is 0.625. The van der Waals surface area contributed by atoms with E-state index in [1.807, 2.05) is 0 Å². The van der Waals surface area contributed by atoms with E-state index in [9.17, 15) is 9.18 Å². The SMILES string of the molecule is C=C(F)C(=O)N1C[C@@H]2C[C@H]1CN2. The lowest BCUT2D eigenvalue weighted by atomic mass is 10.2. The molecule has 0 aromatic rings. The summed E-state index contributed by atoms with van der Waals surface area (Å²) < 4.78 is 12.5. The lowest BCUT2D eigenvalue weighted by Crippen LogP contribution is -2.46. The molecule has 1 amide bonds. The number of fused-ring (bicyclic) bond motifs is 2. The summed E-state index contributed by atoms with van der Waals surface area (Å²) >= 11 is 0. The number of carbonyl (C=O) groups is 1. The molecule has 4 heteroatoms. The van der Waals surface area contributed by atoms with Crippen molar-refractivity contribution in [3.8, 4) is 0 Å². The van der Waals surface area contributed by atoms with E-state index in [4.69, 9.17) is 0 Å². The Bertz CT molecular complexity index is 241. The average Bonchev–Trinajstić information content (AvgIpc) is 2.62. The topological polar surface area (TPSA) is 32.3 Å². The van der Waals surface area contributed by atoms with E-state index in [2.05, 4.69) is 11.9 Å². The van der Waals surface area contributed by atoms with Crippen LogP contribution in [0.5, 0.6) is 0 Å². The average molecular weight is 170 g/mol. The molecule has 3 nitrogen and oxygen atoms in total. The molecule has 0 aliphatic carbocycles.